The van der Waals surface area contributed by atoms with Gasteiger partial charge in [0.15, 0.2) is 0 Å². The molecule has 0 aromatic rings. The Labute approximate surface area is 101 Å². The minimum absolute atomic E-state index is 0. The summed E-state index contributed by atoms with van der Waals surface area (Å²) >= 11 is 0. The van der Waals surface area contributed by atoms with Gasteiger partial charge in [-0.3, -0.25) is 0 Å². The molecule has 2 heteroatoms. The highest BCUT2D eigenvalue weighted by molar-refractivity contribution is 4.62. The molecule has 0 aliphatic carbocycles. The Morgan fingerprint density at radius 1 is 1.00 bits per heavy atom. The van der Waals surface area contributed by atoms with Crippen LogP contribution in [-0.2, 0) is 0 Å². The molecule has 1 aliphatic rings. The van der Waals surface area contributed by atoms with E-state index < -0.39 is 0 Å². The van der Waals surface area contributed by atoms with Gasteiger partial charge in [-0.1, -0.05) is 39.5 Å². The van der Waals surface area contributed by atoms with Crippen molar-refractivity contribution in [2.75, 3.05) is 19.6 Å². The number of halogens is 1. The molecule has 1 saturated heterocycles. The summed E-state index contributed by atoms with van der Waals surface area (Å²) in [6.07, 6.45) is 11.6. The molecule has 98 valence electrons. The average Bonchev–Trinajstić information content (AvgIpc) is 2.69. The second kappa shape index (κ2) is 10.1. The molecule has 0 aromatic carbocycles. The summed E-state index contributed by atoms with van der Waals surface area (Å²) in [5.41, 5.74) is 0. The van der Waals surface area contributed by atoms with Crippen molar-refractivity contribution < 1.29 is 9.60 Å². The number of likely N-dealkylation sites (tertiary alicyclic amines) is 1. The summed E-state index contributed by atoms with van der Waals surface area (Å²) in [5, 5.41) is 0. The zero-order chi connectivity index (χ0) is 10.9. The maximum Gasteiger partial charge on any atom is 0.0801 e. The normalized spacial score (nSPS) is 24.4. The number of hydrogen-bond acceptors (Lipinski definition) is 0. The summed E-state index contributed by atoms with van der Waals surface area (Å²) in [6, 6.07) is 0. The maximum absolute atomic E-state index is 2.31. The van der Waals surface area contributed by atoms with E-state index in [-0.39, 0.29) is 4.70 Å². The van der Waals surface area contributed by atoms with E-state index in [9.17, 15) is 0 Å². The molecule has 0 radical (unpaired) electrons. The van der Waals surface area contributed by atoms with Crippen LogP contribution in [-0.4, -0.2) is 19.6 Å². The Hall–Kier alpha value is -0.110. The Morgan fingerprint density at radius 3 is 2.44 bits per heavy atom. The second-order valence-electron chi connectivity index (χ2n) is 5.31. The predicted molar refractivity (Wildman–Crippen MR) is 67.3 cm³/mol. The number of nitrogens with one attached hydrogen (secondary N) is 1. The lowest BCUT2D eigenvalue weighted by atomic mass is 10.0. The summed E-state index contributed by atoms with van der Waals surface area (Å²) in [7, 11) is 0. The van der Waals surface area contributed by atoms with Gasteiger partial charge in [0.1, 0.15) is 0 Å². The molecule has 1 fully saturated rings. The van der Waals surface area contributed by atoms with Crippen molar-refractivity contribution in [3.05, 3.63) is 0 Å². The van der Waals surface area contributed by atoms with E-state index in [1.54, 1.807) is 0 Å². The first-order chi connectivity index (χ1) is 7.36. The first-order valence-corrected chi connectivity index (χ1v) is 7.20. The number of rotatable bonds is 8. The topological polar surface area (TPSA) is 4.44 Å². The van der Waals surface area contributed by atoms with Crippen LogP contribution >= 0.6 is 0 Å². The van der Waals surface area contributed by atoms with Crippen LogP contribution in [0.1, 0.15) is 65.2 Å². The predicted octanol–water partition coefficient (Wildman–Crippen LogP) is -0.334. The Bertz CT molecular complexity index is 150. The lowest BCUT2D eigenvalue weighted by Crippen LogP contribution is -3.10. The van der Waals surface area contributed by atoms with Gasteiger partial charge in [0.25, 0.3) is 0 Å². The summed E-state index contributed by atoms with van der Waals surface area (Å²) in [4.78, 5) is 1.90. The third-order valence-corrected chi connectivity index (χ3v) is 3.83. The Balaban J connectivity index is 0.00000225. The lowest BCUT2D eigenvalue weighted by Gasteiger charge is -2.13. The maximum atomic E-state index is 2.31. The fourth-order valence-corrected chi connectivity index (χ4v) is 2.79. The highest BCUT2D eigenvalue weighted by Crippen LogP contribution is 2.13. The molecule has 1 nitrogen and oxygen atoms in total. The van der Waals surface area contributed by atoms with Crippen LogP contribution in [0.4, 0.5) is 0 Å². The number of quaternary nitrogens is 1. The van der Waals surface area contributed by atoms with Crippen LogP contribution in [0.2, 0.25) is 0 Å². The van der Waals surface area contributed by atoms with Crippen molar-refractivity contribution in [1.82, 2.24) is 0 Å². The molecule has 16 heavy (non-hydrogen) atoms. The average molecular weight is 231 g/mol. The molecule has 0 bridgehead atoms. The highest BCUT2D eigenvalue weighted by atomic mass is 19.0. The minimum Gasteiger partial charge on any atom is -1.00 e. The van der Waals surface area contributed by atoms with Crippen LogP contribution < -0.4 is 9.60 Å². The van der Waals surface area contributed by atoms with Crippen molar-refractivity contribution in [3.63, 3.8) is 0 Å². The quantitative estimate of drug-likeness (QED) is 0.546. The van der Waals surface area contributed by atoms with Gasteiger partial charge in [0.05, 0.1) is 19.6 Å². The van der Waals surface area contributed by atoms with Crippen LogP contribution in [0.25, 0.3) is 0 Å². The number of hydrogen-bond donors (Lipinski definition) is 1. The molecule has 1 N–H and O–H groups in total. The molecule has 1 aliphatic heterocycles. The lowest BCUT2D eigenvalue weighted by molar-refractivity contribution is -0.889. The van der Waals surface area contributed by atoms with Gasteiger partial charge in [-0.2, -0.15) is 0 Å². The van der Waals surface area contributed by atoms with Gasteiger partial charge >= 0.3 is 0 Å². The molecule has 2 unspecified atom stereocenters. The molecule has 0 amide bonds. The summed E-state index contributed by atoms with van der Waals surface area (Å²) < 4.78 is 0. The van der Waals surface area contributed by atoms with Gasteiger partial charge in [0.2, 0.25) is 0 Å². The molecule has 0 aromatic heterocycles. The van der Waals surface area contributed by atoms with Crippen molar-refractivity contribution in [2.45, 2.75) is 65.2 Å². The zero-order valence-electron chi connectivity index (χ0n) is 11.2. The van der Waals surface area contributed by atoms with Gasteiger partial charge in [-0.05, 0) is 19.3 Å². The van der Waals surface area contributed by atoms with Crippen LogP contribution in [0.3, 0.4) is 0 Å². The van der Waals surface area contributed by atoms with Crippen LogP contribution in [0.15, 0.2) is 0 Å². The Morgan fingerprint density at radius 2 is 1.75 bits per heavy atom. The van der Waals surface area contributed by atoms with Crippen molar-refractivity contribution >= 4 is 0 Å². The molecule has 2 atom stereocenters. The Kier molecular flexibility index (Phi) is 10.0. The van der Waals surface area contributed by atoms with Crippen molar-refractivity contribution in [1.29, 1.82) is 0 Å². The van der Waals surface area contributed by atoms with E-state index in [1.165, 1.54) is 71.0 Å². The second-order valence-corrected chi connectivity index (χ2v) is 5.31. The molecule has 0 spiro atoms. The monoisotopic (exact) mass is 231 g/mol. The summed E-state index contributed by atoms with van der Waals surface area (Å²) in [5.74, 6) is 1.06. The molecular weight excluding hydrogens is 201 g/mol. The van der Waals surface area contributed by atoms with E-state index in [0.29, 0.717) is 0 Å². The third-order valence-electron chi connectivity index (χ3n) is 3.83. The van der Waals surface area contributed by atoms with Crippen molar-refractivity contribution in [2.24, 2.45) is 5.92 Å². The smallest absolute Gasteiger partial charge is 0.0801 e. The highest BCUT2D eigenvalue weighted by Gasteiger charge is 2.24. The molecule has 1 heterocycles. The van der Waals surface area contributed by atoms with Crippen LogP contribution in [0, 0.1) is 5.92 Å². The number of unbranched alkanes of at least 4 members (excludes halogenated alkanes) is 4. The SMILES string of the molecule is CCCCCC[NH+]1CCC(CCCC)C1.[F-]. The van der Waals surface area contributed by atoms with Crippen LogP contribution in [0.5, 0.6) is 0 Å². The van der Waals surface area contributed by atoms with Gasteiger partial charge in [0, 0.05) is 12.3 Å². The molecule has 1 rings (SSSR count). The van der Waals surface area contributed by atoms with E-state index in [4.69, 9.17) is 0 Å². The van der Waals surface area contributed by atoms with E-state index >= 15 is 0 Å². The molecule has 0 saturated carbocycles. The van der Waals surface area contributed by atoms with E-state index in [2.05, 4.69) is 13.8 Å². The summed E-state index contributed by atoms with van der Waals surface area (Å²) in [6.45, 7) is 8.99. The minimum atomic E-state index is 0. The zero-order valence-corrected chi connectivity index (χ0v) is 11.2. The standard InChI is InChI=1S/C14H29N.FH/c1-3-5-7-8-11-15-12-10-14(13-15)9-6-4-2;/h14H,3-13H2,1-2H3;1H. The van der Waals surface area contributed by atoms with Gasteiger partial charge in [-0.25, -0.2) is 0 Å². The fourth-order valence-electron chi connectivity index (χ4n) is 2.79. The molecular formula is C14H30FN. The first-order valence-electron chi connectivity index (χ1n) is 7.20. The van der Waals surface area contributed by atoms with E-state index in [0.717, 1.165) is 5.92 Å². The largest absolute Gasteiger partial charge is 1.00 e. The van der Waals surface area contributed by atoms with Crippen molar-refractivity contribution in [3.8, 4) is 0 Å². The third kappa shape index (κ3) is 6.47. The fraction of sp³-hybridized carbons (Fsp3) is 1.00. The van der Waals surface area contributed by atoms with Gasteiger partial charge < -0.3 is 9.60 Å². The van der Waals surface area contributed by atoms with E-state index in [1.807, 2.05) is 4.90 Å². The first kappa shape index (κ1) is 15.9. The van der Waals surface area contributed by atoms with Gasteiger partial charge in [-0.15, -0.1) is 0 Å².